The summed E-state index contributed by atoms with van der Waals surface area (Å²) in [4.78, 5) is 23.3. The van der Waals surface area contributed by atoms with Crippen molar-refractivity contribution in [1.29, 1.82) is 0 Å². The molecule has 1 aromatic rings. The first-order valence-corrected chi connectivity index (χ1v) is 5.71. The molecule has 5 heteroatoms. The smallest absolute Gasteiger partial charge is 0.303 e. The van der Waals surface area contributed by atoms with Gasteiger partial charge in [-0.15, -0.1) is 0 Å². The Morgan fingerprint density at radius 3 is 2.39 bits per heavy atom. The molecule has 1 N–H and O–H groups in total. The molecule has 1 aromatic carbocycles. The number of carboxylic acid groups (broad SMARTS) is 1. The van der Waals surface area contributed by atoms with Crippen LogP contribution in [0.1, 0.15) is 25.3 Å². The van der Waals surface area contributed by atoms with Gasteiger partial charge in [-0.25, -0.2) is 4.39 Å². The quantitative estimate of drug-likeness (QED) is 0.844. The Morgan fingerprint density at radius 1 is 1.28 bits per heavy atom. The van der Waals surface area contributed by atoms with E-state index in [-0.39, 0.29) is 18.1 Å². The molecule has 1 amide bonds. The van der Waals surface area contributed by atoms with Gasteiger partial charge in [0.2, 0.25) is 5.91 Å². The predicted molar refractivity (Wildman–Crippen MR) is 64.4 cm³/mol. The van der Waals surface area contributed by atoms with Crippen molar-refractivity contribution in [2.45, 2.75) is 26.3 Å². The first-order valence-electron chi connectivity index (χ1n) is 5.71. The zero-order valence-electron chi connectivity index (χ0n) is 10.2. The van der Waals surface area contributed by atoms with E-state index in [1.807, 2.05) is 0 Å². The number of halogens is 1. The summed E-state index contributed by atoms with van der Waals surface area (Å²) in [6.45, 7) is 2.19. The minimum Gasteiger partial charge on any atom is -0.481 e. The van der Waals surface area contributed by atoms with E-state index in [0.717, 1.165) is 5.56 Å². The first kappa shape index (κ1) is 14.2. The van der Waals surface area contributed by atoms with Gasteiger partial charge in [0.15, 0.2) is 0 Å². The van der Waals surface area contributed by atoms with Crippen LogP contribution in [-0.4, -0.2) is 28.4 Å². The van der Waals surface area contributed by atoms with Crippen molar-refractivity contribution in [3.05, 3.63) is 35.6 Å². The Kier molecular flexibility index (Phi) is 5.30. The molecule has 0 atom stereocenters. The highest BCUT2D eigenvalue weighted by Crippen LogP contribution is 2.08. The van der Waals surface area contributed by atoms with Gasteiger partial charge in [-0.05, 0) is 24.1 Å². The Hall–Kier alpha value is -1.91. The zero-order valence-corrected chi connectivity index (χ0v) is 10.2. The maximum atomic E-state index is 12.7. The van der Waals surface area contributed by atoms with Crippen LogP contribution in [0.25, 0.3) is 0 Å². The van der Waals surface area contributed by atoms with Crippen LogP contribution in [0, 0.1) is 5.82 Å². The number of benzene rings is 1. The third kappa shape index (κ3) is 4.95. The van der Waals surface area contributed by atoms with Crippen molar-refractivity contribution in [3.8, 4) is 0 Å². The van der Waals surface area contributed by atoms with Crippen molar-refractivity contribution in [2.24, 2.45) is 0 Å². The van der Waals surface area contributed by atoms with Gasteiger partial charge in [-0.3, -0.25) is 9.59 Å². The Labute approximate surface area is 105 Å². The number of carbonyl (C=O) groups excluding carboxylic acids is 1. The molecule has 0 saturated heterocycles. The average molecular weight is 253 g/mol. The van der Waals surface area contributed by atoms with Gasteiger partial charge >= 0.3 is 5.97 Å². The number of hydrogen-bond acceptors (Lipinski definition) is 2. The third-order valence-electron chi connectivity index (χ3n) is 2.55. The summed E-state index contributed by atoms with van der Waals surface area (Å²) in [6.07, 6.45) is 0.448. The van der Waals surface area contributed by atoms with Gasteiger partial charge in [0.1, 0.15) is 5.82 Å². The molecule has 0 aliphatic heterocycles. The fourth-order valence-electron chi connectivity index (χ4n) is 1.58. The molecule has 18 heavy (non-hydrogen) atoms. The molecule has 0 aliphatic carbocycles. The zero-order chi connectivity index (χ0) is 13.5. The van der Waals surface area contributed by atoms with Crippen LogP contribution in [0.2, 0.25) is 0 Å². The van der Waals surface area contributed by atoms with Crippen LogP contribution < -0.4 is 0 Å². The highest BCUT2D eigenvalue weighted by Gasteiger charge is 2.10. The molecule has 0 bridgehead atoms. The van der Waals surface area contributed by atoms with Gasteiger partial charge in [0.05, 0.1) is 0 Å². The Bertz CT molecular complexity index is 417. The molecule has 0 saturated carbocycles. The number of nitrogens with zero attached hydrogens (tertiary/aromatic N) is 1. The fourth-order valence-corrected chi connectivity index (χ4v) is 1.58. The van der Waals surface area contributed by atoms with E-state index in [2.05, 4.69) is 0 Å². The van der Waals surface area contributed by atoms with Gasteiger partial charge in [0, 0.05) is 26.4 Å². The maximum absolute atomic E-state index is 12.7. The van der Waals surface area contributed by atoms with Crippen LogP contribution in [0.3, 0.4) is 0 Å². The summed E-state index contributed by atoms with van der Waals surface area (Å²) in [6, 6.07) is 5.90. The van der Waals surface area contributed by atoms with Crippen LogP contribution in [0.5, 0.6) is 0 Å². The van der Waals surface area contributed by atoms with Gasteiger partial charge in [0.25, 0.3) is 0 Å². The van der Waals surface area contributed by atoms with Crippen molar-refractivity contribution in [2.75, 3.05) is 6.54 Å². The third-order valence-corrected chi connectivity index (χ3v) is 2.55. The molecule has 0 aliphatic rings. The standard InChI is InChI=1S/C13H16FNO3/c1-10(16)15(8-2-3-13(17)18)9-11-4-6-12(14)7-5-11/h4-7H,2-3,8-9H2,1H3,(H,17,18). The van der Waals surface area contributed by atoms with E-state index in [9.17, 15) is 14.0 Å². The molecule has 0 aromatic heterocycles. The molecule has 0 spiro atoms. The van der Waals surface area contributed by atoms with E-state index in [1.165, 1.54) is 19.1 Å². The second kappa shape index (κ2) is 6.74. The number of rotatable bonds is 6. The summed E-state index contributed by atoms with van der Waals surface area (Å²) in [5.74, 6) is -1.32. The van der Waals surface area contributed by atoms with Crippen LogP contribution in [-0.2, 0) is 16.1 Å². The molecular weight excluding hydrogens is 237 g/mol. The molecule has 0 heterocycles. The largest absolute Gasteiger partial charge is 0.481 e. The van der Waals surface area contributed by atoms with Gasteiger partial charge < -0.3 is 10.0 Å². The number of carboxylic acids is 1. The number of hydrogen-bond donors (Lipinski definition) is 1. The monoisotopic (exact) mass is 253 g/mol. The van der Waals surface area contributed by atoms with Crippen LogP contribution >= 0.6 is 0 Å². The average Bonchev–Trinajstić information content (AvgIpc) is 2.30. The van der Waals surface area contributed by atoms with Crippen molar-refractivity contribution < 1.29 is 19.1 Å². The minimum atomic E-state index is -0.875. The number of amides is 1. The summed E-state index contributed by atoms with van der Waals surface area (Å²) >= 11 is 0. The van der Waals surface area contributed by atoms with E-state index in [4.69, 9.17) is 5.11 Å². The van der Waals surface area contributed by atoms with E-state index in [1.54, 1.807) is 17.0 Å². The first-order chi connectivity index (χ1) is 8.49. The fraction of sp³-hybridized carbons (Fsp3) is 0.385. The van der Waals surface area contributed by atoms with E-state index in [0.29, 0.717) is 19.5 Å². The topological polar surface area (TPSA) is 57.6 Å². The van der Waals surface area contributed by atoms with Crippen LogP contribution in [0.15, 0.2) is 24.3 Å². The van der Waals surface area contributed by atoms with Crippen molar-refractivity contribution >= 4 is 11.9 Å². The Balaban J connectivity index is 2.54. The highest BCUT2D eigenvalue weighted by atomic mass is 19.1. The van der Waals surface area contributed by atoms with E-state index < -0.39 is 5.97 Å². The maximum Gasteiger partial charge on any atom is 0.303 e. The molecular formula is C13H16FNO3. The lowest BCUT2D eigenvalue weighted by Crippen LogP contribution is -2.29. The lowest BCUT2D eigenvalue weighted by atomic mass is 10.2. The summed E-state index contributed by atoms with van der Waals surface area (Å²) in [5.41, 5.74) is 0.821. The highest BCUT2D eigenvalue weighted by molar-refractivity contribution is 5.73. The van der Waals surface area contributed by atoms with Gasteiger partial charge in [-0.2, -0.15) is 0 Å². The lowest BCUT2D eigenvalue weighted by Gasteiger charge is -2.20. The molecule has 98 valence electrons. The van der Waals surface area contributed by atoms with Crippen LogP contribution in [0.4, 0.5) is 4.39 Å². The molecule has 4 nitrogen and oxygen atoms in total. The van der Waals surface area contributed by atoms with Crippen molar-refractivity contribution in [1.82, 2.24) is 4.90 Å². The van der Waals surface area contributed by atoms with Gasteiger partial charge in [-0.1, -0.05) is 12.1 Å². The lowest BCUT2D eigenvalue weighted by molar-refractivity contribution is -0.138. The molecule has 0 unspecified atom stereocenters. The number of aliphatic carboxylic acids is 1. The normalized spacial score (nSPS) is 10.1. The van der Waals surface area contributed by atoms with E-state index >= 15 is 0 Å². The molecule has 0 radical (unpaired) electrons. The number of carbonyl (C=O) groups is 2. The SMILES string of the molecule is CC(=O)N(CCCC(=O)O)Cc1ccc(F)cc1. The molecule has 0 fully saturated rings. The Morgan fingerprint density at radius 2 is 1.89 bits per heavy atom. The molecule has 1 rings (SSSR count). The summed E-state index contributed by atoms with van der Waals surface area (Å²) in [7, 11) is 0. The second-order valence-electron chi connectivity index (χ2n) is 4.06. The summed E-state index contributed by atoms with van der Waals surface area (Å²) < 4.78 is 12.7. The second-order valence-corrected chi connectivity index (χ2v) is 4.06. The van der Waals surface area contributed by atoms with Crippen molar-refractivity contribution in [3.63, 3.8) is 0 Å². The summed E-state index contributed by atoms with van der Waals surface area (Å²) in [5, 5.41) is 8.54. The minimum absolute atomic E-state index is 0.0349. The predicted octanol–water partition coefficient (Wildman–Crippen LogP) is 2.04.